The fraction of sp³-hybridized carbons (Fsp3) is 0.500. The topological polar surface area (TPSA) is 83.9 Å². The molecule has 1 aliphatic heterocycles. The van der Waals surface area contributed by atoms with Crippen molar-refractivity contribution in [1.82, 2.24) is 4.90 Å². The number of benzene rings is 1. The molecule has 1 saturated heterocycles. The summed E-state index contributed by atoms with van der Waals surface area (Å²) in [5.74, 6) is -0.165. The minimum Gasteiger partial charge on any atom is -0.465 e. The first-order chi connectivity index (χ1) is 10.2. The maximum absolute atomic E-state index is 11.4. The molecule has 0 radical (unpaired) electrons. The third kappa shape index (κ3) is 4.96. The second-order valence-electron chi connectivity index (χ2n) is 5.47. The first kappa shape index (κ1) is 17.2. The van der Waals surface area contributed by atoms with Crippen LogP contribution in [0, 0.1) is 0 Å². The Bertz CT molecular complexity index is 631. The molecule has 6 nitrogen and oxygen atoms in total. The van der Waals surface area contributed by atoms with Crippen LogP contribution in [0.1, 0.15) is 5.56 Å². The number of ether oxygens (including phenoxy) is 1. The van der Waals surface area contributed by atoms with Crippen molar-refractivity contribution in [2.45, 2.75) is 18.6 Å². The van der Waals surface area contributed by atoms with Gasteiger partial charge in [-0.2, -0.15) is 0 Å². The number of nitrogens with zero attached hydrogens (tertiary/aromatic N) is 1. The van der Waals surface area contributed by atoms with Gasteiger partial charge in [-0.1, -0.05) is 28.1 Å². The van der Waals surface area contributed by atoms with Gasteiger partial charge >= 0.3 is 6.09 Å². The van der Waals surface area contributed by atoms with Crippen molar-refractivity contribution in [3.63, 3.8) is 0 Å². The molecular formula is C14H18BrNO5S. The highest BCUT2D eigenvalue weighted by Gasteiger charge is 2.33. The molecule has 1 aliphatic rings. The van der Waals surface area contributed by atoms with Crippen LogP contribution in [0.5, 0.6) is 0 Å². The van der Waals surface area contributed by atoms with E-state index in [0.717, 1.165) is 16.3 Å². The van der Waals surface area contributed by atoms with Crippen molar-refractivity contribution in [2.24, 2.45) is 0 Å². The average Bonchev–Trinajstić information content (AvgIpc) is 2.41. The molecule has 2 rings (SSSR count). The van der Waals surface area contributed by atoms with Crippen molar-refractivity contribution in [1.29, 1.82) is 0 Å². The Labute approximate surface area is 138 Å². The quantitative estimate of drug-likeness (QED) is 0.845. The van der Waals surface area contributed by atoms with Gasteiger partial charge in [0.25, 0.3) is 0 Å². The Kier molecular flexibility index (Phi) is 5.46. The zero-order chi connectivity index (χ0) is 16.3. The molecule has 122 valence electrons. The molecule has 1 N–H and O–H groups in total. The first-order valence-corrected chi connectivity index (χ1v) is 9.63. The predicted octanol–water partition coefficient (Wildman–Crippen LogP) is 1.78. The minimum atomic E-state index is -3.20. The second-order valence-corrected chi connectivity index (χ2v) is 8.57. The zero-order valence-corrected chi connectivity index (χ0v) is 14.5. The van der Waals surface area contributed by atoms with Crippen LogP contribution >= 0.6 is 15.9 Å². The van der Waals surface area contributed by atoms with Gasteiger partial charge in [0.05, 0.1) is 31.1 Å². The molecule has 1 heterocycles. The van der Waals surface area contributed by atoms with Crippen LogP contribution in [0.15, 0.2) is 28.7 Å². The number of sulfone groups is 1. The summed E-state index contributed by atoms with van der Waals surface area (Å²) in [7, 11) is -3.20. The molecule has 1 aromatic rings. The van der Waals surface area contributed by atoms with Gasteiger partial charge in [-0.25, -0.2) is 13.2 Å². The van der Waals surface area contributed by atoms with E-state index in [1.54, 1.807) is 0 Å². The van der Waals surface area contributed by atoms with E-state index in [-0.39, 0.29) is 24.9 Å². The molecule has 1 aromatic carbocycles. The highest BCUT2D eigenvalue weighted by atomic mass is 79.9. The van der Waals surface area contributed by atoms with Gasteiger partial charge in [-0.3, -0.25) is 0 Å². The lowest BCUT2D eigenvalue weighted by Gasteiger charge is -2.37. The lowest BCUT2D eigenvalue weighted by Crippen LogP contribution is -2.54. The van der Waals surface area contributed by atoms with Gasteiger partial charge in [0.1, 0.15) is 9.84 Å². The highest BCUT2D eigenvalue weighted by molar-refractivity contribution is 9.10. The van der Waals surface area contributed by atoms with Crippen molar-refractivity contribution in [3.05, 3.63) is 34.3 Å². The Morgan fingerprint density at radius 2 is 2.05 bits per heavy atom. The number of carbonyl (C=O) groups is 1. The fourth-order valence-corrected chi connectivity index (χ4v) is 3.63. The fourth-order valence-electron chi connectivity index (χ4n) is 2.49. The smallest absolute Gasteiger partial charge is 0.407 e. The molecule has 0 saturated carbocycles. The van der Waals surface area contributed by atoms with E-state index in [2.05, 4.69) is 15.9 Å². The molecule has 2 atom stereocenters. The predicted molar refractivity (Wildman–Crippen MR) is 85.8 cm³/mol. The van der Waals surface area contributed by atoms with Gasteiger partial charge in [0.15, 0.2) is 0 Å². The Balaban J connectivity index is 2.06. The van der Waals surface area contributed by atoms with Crippen LogP contribution in [0.25, 0.3) is 0 Å². The van der Waals surface area contributed by atoms with Gasteiger partial charge < -0.3 is 14.7 Å². The molecule has 0 aliphatic carbocycles. The molecule has 0 spiro atoms. The van der Waals surface area contributed by atoms with Gasteiger partial charge in [-0.05, 0) is 24.1 Å². The van der Waals surface area contributed by atoms with E-state index >= 15 is 0 Å². The molecule has 22 heavy (non-hydrogen) atoms. The summed E-state index contributed by atoms with van der Waals surface area (Å²) in [5, 5.41) is 9.36. The summed E-state index contributed by atoms with van der Waals surface area (Å²) >= 11 is 3.36. The number of hydrogen-bond donors (Lipinski definition) is 1. The van der Waals surface area contributed by atoms with E-state index in [0.29, 0.717) is 6.42 Å². The van der Waals surface area contributed by atoms with Crippen LogP contribution in [0.3, 0.4) is 0 Å². The standard InChI is InChI=1S/C14H18BrNO5S/c1-22(19,20)9-13-7-16(14(17)18)12(8-21-13)6-10-2-4-11(15)5-3-10/h2-5,12-13H,6-9H2,1H3,(H,17,18)/t12-,13+/m0/s1. The normalized spacial score (nSPS) is 22.5. The Hall–Kier alpha value is -1.12. The highest BCUT2D eigenvalue weighted by Crippen LogP contribution is 2.19. The van der Waals surface area contributed by atoms with Gasteiger partial charge in [-0.15, -0.1) is 0 Å². The van der Waals surface area contributed by atoms with Gasteiger partial charge in [0, 0.05) is 10.7 Å². The summed E-state index contributed by atoms with van der Waals surface area (Å²) in [5.41, 5.74) is 1.00. The van der Waals surface area contributed by atoms with E-state index in [9.17, 15) is 18.3 Å². The number of amides is 1. The summed E-state index contributed by atoms with van der Waals surface area (Å²) in [6, 6.07) is 7.33. The second kappa shape index (κ2) is 6.97. The summed E-state index contributed by atoms with van der Waals surface area (Å²) in [4.78, 5) is 12.7. The molecule has 0 aromatic heterocycles. The molecule has 1 amide bonds. The van der Waals surface area contributed by atoms with Crippen LogP contribution < -0.4 is 0 Å². The zero-order valence-electron chi connectivity index (χ0n) is 12.1. The van der Waals surface area contributed by atoms with Crippen molar-refractivity contribution in [3.8, 4) is 0 Å². The Morgan fingerprint density at radius 1 is 1.41 bits per heavy atom. The number of carboxylic acid groups (broad SMARTS) is 1. The summed E-state index contributed by atoms with van der Waals surface area (Å²) in [6.45, 7) is 0.270. The van der Waals surface area contributed by atoms with Crippen molar-refractivity contribution >= 4 is 31.9 Å². The maximum Gasteiger partial charge on any atom is 0.407 e. The maximum atomic E-state index is 11.4. The first-order valence-electron chi connectivity index (χ1n) is 6.78. The minimum absolute atomic E-state index is 0.0730. The molecule has 0 bridgehead atoms. The molecular weight excluding hydrogens is 374 g/mol. The summed E-state index contributed by atoms with van der Waals surface area (Å²) < 4.78 is 29.2. The van der Waals surface area contributed by atoms with E-state index in [1.165, 1.54) is 4.90 Å². The third-order valence-corrected chi connectivity index (χ3v) is 4.99. The summed E-state index contributed by atoms with van der Waals surface area (Å²) in [6.07, 6.45) is -0.00298. The van der Waals surface area contributed by atoms with Gasteiger partial charge in [0.2, 0.25) is 0 Å². The van der Waals surface area contributed by atoms with E-state index in [4.69, 9.17) is 4.74 Å². The monoisotopic (exact) mass is 391 g/mol. The molecule has 0 unspecified atom stereocenters. The number of hydrogen-bond acceptors (Lipinski definition) is 4. The van der Waals surface area contributed by atoms with E-state index in [1.807, 2.05) is 24.3 Å². The SMILES string of the molecule is CS(=O)(=O)C[C@H]1CN(C(=O)O)[C@@H](Cc2ccc(Br)cc2)CO1. The van der Waals surface area contributed by atoms with Crippen LogP contribution in [-0.2, 0) is 21.0 Å². The lowest BCUT2D eigenvalue weighted by molar-refractivity contribution is -0.0435. The Morgan fingerprint density at radius 3 is 2.59 bits per heavy atom. The van der Waals surface area contributed by atoms with E-state index < -0.39 is 22.0 Å². The number of rotatable bonds is 4. The molecule has 8 heteroatoms. The average molecular weight is 392 g/mol. The van der Waals surface area contributed by atoms with Crippen molar-refractivity contribution < 1.29 is 23.1 Å². The van der Waals surface area contributed by atoms with Crippen molar-refractivity contribution in [2.75, 3.05) is 25.2 Å². The van der Waals surface area contributed by atoms with Crippen LogP contribution in [-0.4, -0.2) is 61.8 Å². The lowest BCUT2D eigenvalue weighted by atomic mass is 10.0. The third-order valence-electron chi connectivity index (χ3n) is 3.48. The van der Waals surface area contributed by atoms with Crippen LogP contribution in [0.4, 0.5) is 4.79 Å². The largest absolute Gasteiger partial charge is 0.465 e. The number of halogens is 1. The number of morpholine rings is 1. The van der Waals surface area contributed by atoms with Crippen LogP contribution in [0.2, 0.25) is 0 Å². The molecule has 1 fully saturated rings.